The molecule has 6 heteroatoms. The lowest BCUT2D eigenvalue weighted by Gasteiger charge is -2.22. The molecular weight excluding hydrogens is 186 g/mol. The maximum atomic E-state index is 10.6. The number of rotatable bonds is 2. The van der Waals surface area contributed by atoms with Crippen LogP contribution in [0.15, 0.2) is 12.3 Å². The molecule has 2 rings (SSSR count). The number of hydrogen-bond donors (Lipinski definition) is 2. The van der Waals surface area contributed by atoms with Crippen LogP contribution in [0.25, 0.3) is 0 Å². The summed E-state index contributed by atoms with van der Waals surface area (Å²) in [6.45, 7) is 1.99. The van der Waals surface area contributed by atoms with Crippen molar-refractivity contribution in [3.63, 3.8) is 0 Å². The third-order valence-electron chi connectivity index (χ3n) is 2.20. The molecule has 1 aliphatic heterocycles. The fraction of sp³-hybridized carbons (Fsp3) is 0.500. The van der Waals surface area contributed by atoms with E-state index in [1.165, 1.54) is 6.07 Å². The first-order valence-corrected chi connectivity index (χ1v) is 4.43. The summed E-state index contributed by atoms with van der Waals surface area (Å²) in [5, 5.41) is 13.8. The van der Waals surface area contributed by atoms with Gasteiger partial charge in [-0.15, -0.1) is 0 Å². The van der Waals surface area contributed by atoms with Crippen molar-refractivity contribution < 1.29 is 9.66 Å². The van der Waals surface area contributed by atoms with Crippen molar-refractivity contribution >= 4 is 5.69 Å². The highest BCUT2D eigenvalue weighted by atomic mass is 16.6. The van der Waals surface area contributed by atoms with E-state index in [1.54, 1.807) is 6.20 Å². The van der Waals surface area contributed by atoms with Crippen LogP contribution in [0.4, 0.5) is 5.69 Å². The predicted molar refractivity (Wildman–Crippen MR) is 49.0 cm³/mol. The van der Waals surface area contributed by atoms with Gasteiger partial charge in [-0.1, -0.05) is 0 Å². The number of nitrogens with zero attached hydrogens (tertiary/aromatic N) is 1. The van der Waals surface area contributed by atoms with E-state index in [4.69, 9.17) is 4.74 Å². The van der Waals surface area contributed by atoms with Crippen LogP contribution < -0.4 is 5.32 Å². The minimum Gasteiger partial charge on any atom is -0.369 e. The van der Waals surface area contributed by atoms with Crippen LogP contribution in [-0.4, -0.2) is 29.6 Å². The molecule has 0 aliphatic carbocycles. The molecule has 2 heterocycles. The number of ether oxygens (including phenoxy) is 1. The number of H-pyrrole nitrogens is 1. The van der Waals surface area contributed by atoms with Crippen LogP contribution in [0.2, 0.25) is 0 Å². The molecule has 76 valence electrons. The van der Waals surface area contributed by atoms with Gasteiger partial charge in [0.2, 0.25) is 0 Å². The summed E-state index contributed by atoms with van der Waals surface area (Å²) in [6.07, 6.45) is 1.32. The lowest BCUT2D eigenvalue weighted by atomic mass is 10.2. The molecule has 1 unspecified atom stereocenters. The van der Waals surface area contributed by atoms with Gasteiger partial charge in [0.05, 0.1) is 11.5 Å². The van der Waals surface area contributed by atoms with Crippen molar-refractivity contribution in [1.29, 1.82) is 0 Å². The topological polar surface area (TPSA) is 80.2 Å². The molecule has 0 bridgehead atoms. The molecule has 0 spiro atoms. The summed E-state index contributed by atoms with van der Waals surface area (Å²) in [6, 6.07) is 1.45. The van der Waals surface area contributed by atoms with Crippen molar-refractivity contribution in [1.82, 2.24) is 10.3 Å². The number of nitro groups is 1. The predicted octanol–water partition coefficient (Wildman–Crippen LogP) is 0.584. The highest BCUT2D eigenvalue weighted by Gasteiger charge is 2.25. The number of aromatic nitrogens is 1. The fourth-order valence-corrected chi connectivity index (χ4v) is 1.54. The summed E-state index contributed by atoms with van der Waals surface area (Å²) < 4.78 is 5.41. The third kappa shape index (κ3) is 1.61. The first kappa shape index (κ1) is 9.17. The zero-order valence-electron chi connectivity index (χ0n) is 7.53. The smallest absolute Gasteiger partial charge is 0.292 e. The summed E-state index contributed by atoms with van der Waals surface area (Å²) >= 11 is 0. The Morgan fingerprint density at radius 1 is 1.64 bits per heavy atom. The number of morpholine rings is 1. The molecular formula is C8H11N3O3. The van der Waals surface area contributed by atoms with Crippen molar-refractivity contribution in [2.45, 2.75) is 6.10 Å². The second kappa shape index (κ2) is 3.77. The fourth-order valence-electron chi connectivity index (χ4n) is 1.54. The molecule has 0 aromatic carbocycles. The first-order chi connectivity index (χ1) is 6.79. The Kier molecular flexibility index (Phi) is 2.47. The Morgan fingerprint density at radius 2 is 2.50 bits per heavy atom. The Balaban J connectivity index is 2.21. The van der Waals surface area contributed by atoms with E-state index in [1.807, 2.05) is 0 Å². The molecule has 6 nitrogen and oxygen atoms in total. The van der Waals surface area contributed by atoms with Crippen LogP contribution in [0.3, 0.4) is 0 Å². The van der Waals surface area contributed by atoms with Gasteiger partial charge in [0.15, 0.2) is 0 Å². The van der Waals surface area contributed by atoms with Gasteiger partial charge in [0.25, 0.3) is 5.69 Å². The summed E-state index contributed by atoms with van der Waals surface area (Å²) in [5.41, 5.74) is 0.640. The van der Waals surface area contributed by atoms with Gasteiger partial charge in [-0.3, -0.25) is 10.1 Å². The molecule has 0 amide bonds. The molecule has 2 N–H and O–H groups in total. The van der Waals surface area contributed by atoms with Gasteiger partial charge in [-0.05, 0) is 0 Å². The standard InChI is InChI=1S/C8H11N3O3/c12-11(13)6-1-2-10-8(6)7-5-9-3-4-14-7/h1-2,7,9-10H,3-5H2. The highest BCUT2D eigenvalue weighted by Crippen LogP contribution is 2.26. The van der Waals surface area contributed by atoms with Gasteiger partial charge < -0.3 is 15.0 Å². The Morgan fingerprint density at radius 3 is 3.14 bits per heavy atom. The van der Waals surface area contributed by atoms with Gasteiger partial charge in [-0.25, -0.2) is 0 Å². The molecule has 0 radical (unpaired) electrons. The molecule has 1 aromatic heterocycles. The van der Waals surface area contributed by atoms with Crippen LogP contribution in [0.5, 0.6) is 0 Å². The highest BCUT2D eigenvalue weighted by molar-refractivity contribution is 5.37. The van der Waals surface area contributed by atoms with Crippen molar-refractivity contribution in [3.8, 4) is 0 Å². The summed E-state index contributed by atoms with van der Waals surface area (Å²) in [4.78, 5) is 13.1. The quantitative estimate of drug-likeness (QED) is 0.537. The maximum Gasteiger partial charge on any atom is 0.292 e. The zero-order valence-corrected chi connectivity index (χ0v) is 7.53. The number of hydrogen-bond acceptors (Lipinski definition) is 4. The van der Waals surface area contributed by atoms with Crippen molar-refractivity contribution in [2.24, 2.45) is 0 Å². The minimum absolute atomic E-state index is 0.0960. The monoisotopic (exact) mass is 197 g/mol. The Bertz CT molecular complexity index is 330. The molecule has 1 aliphatic rings. The second-order valence-corrected chi connectivity index (χ2v) is 3.10. The first-order valence-electron chi connectivity index (χ1n) is 4.43. The van der Waals surface area contributed by atoms with E-state index < -0.39 is 4.92 Å². The molecule has 14 heavy (non-hydrogen) atoms. The third-order valence-corrected chi connectivity index (χ3v) is 2.20. The second-order valence-electron chi connectivity index (χ2n) is 3.10. The van der Waals surface area contributed by atoms with E-state index in [0.717, 1.165) is 6.54 Å². The van der Waals surface area contributed by atoms with Crippen LogP contribution >= 0.6 is 0 Å². The Labute approximate surface area is 80.4 Å². The van der Waals surface area contributed by atoms with Gasteiger partial charge in [0.1, 0.15) is 11.8 Å². The number of aromatic amines is 1. The molecule has 1 atom stereocenters. The largest absolute Gasteiger partial charge is 0.369 e. The molecule has 0 saturated carbocycles. The minimum atomic E-state index is -0.399. The van der Waals surface area contributed by atoms with Gasteiger partial charge >= 0.3 is 0 Å². The van der Waals surface area contributed by atoms with E-state index in [0.29, 0.717) is 18.8 Å². The molecule has 1 fully saturated rings. The zero-order chi connectivity index (χ0) is 9.97. The van der Waals surface area contributed by atoms with Crippen LogP contribution in [-0.2, 0) is 4.74 Å². The van der Waals surface area contributed by atoms with Gasteiger partial charge in [0, 0.05) is 25.4 Å². The average Bonchev–Trinajstić information content (AvgIpc) is 2.67. The SMILES string of the molecule is O=[N+]([O-])c1cc[nH]c1C1CNCCO1. The Hall–Kier alpha value is -1.40. The lowest BCUT2D eigenvalue weighted by molar-refractivity contribution is -0.386. The van der Waals surface area contributed by atoms with E-state index in [-0.39, 0.29) is 11.8 Å². The maximum absolute atomic E-state index is 10.6. The molecule has 1 aromatic rings. The average molecular weight is 197 g/mol. The lowest BCUT2D eigenvalue weighted by Crippen LogP contribution is -2.33. The van der Waals surface area contributed by atoms with E-state index in [2.05, 4.69) is 10.3 Å². The normalized spacial score (nSPS) is 22.1. The molecule has 1 saturated heterocycles. The summed E-state index contributed by atoms with van der Waals surface area (Å²) in [5.74, 6) is 0. The van der Waals surface area contributed by atoms with E-state index in [9.17, 15) is 10.1 Å². The van der Waals surface area contributed by atoms with Crippen molar-refractivity contribution in [2.75, 3.05) is 19.7 Å². The van der Waals surface area contributed by atoms with Gasteiger partial charge in [-0.2, -0.15) is 0 Å². The van der Waals surface area contributed by atoms with Crippen molar-refractivity contribution in [3.05, 3.63) is 28.1 Å². The van der Waals surface area contributed by atoms with Crippen LogP contribution in [0.1, 0.15) is 11.8 Å². The van der Waals surface area contributed by atoms with E-state index >= 15 is 0 Å². The van der Waals surface area contributed by atoms with Crippen LogP contribution in [0, 0.1) is 10.1 Å². The number of nitrogens with one attached hydrogen (secondary N) is 2. The summed E-state index contributed by atoms with van der Waals surface area (Å²) in [7, 11) is 0.